The Hall–Kier alpha value is -3.80. The van der Waals surface area contributed by atoms with Gasteiger partial charge in [-0.2, -0.15) is 4.31 Å². The van der Waals surface area contributed by atoms with E-state index in [9.17, 15) is 22.4 Å². The highest BCUT2D eigenvalue weighted by Gasteiger charge is 2.41. The molecule has 2 fully saturated rings. The summed E-state index contributed by atoms with van der Waals surface area (Å²) in [6, 6.07) is 19.8. The van der Waals surface area contributed by atoms with Gasteiger partial charge in [0.15, 0.2) is 0 Å². The molecule has 40 heavy (non-hydrogen) atoms. The van der Waals surface area contributed by atoms with E-state index >= 15 is 0 Å². The van der Waals surface area contributed by atoms with Crippen molar-refractivity contribution in [3.05, 3.63) is 84.7 Å². The molecule has 2 heterocycles. The van der Waals surface area contributed by atoms with Gasteiger partial charge in [0.25, 0.3) is 0 Å². The van der Waals surface area contributed by atoms with Gasteiger partial charge in [0, 0.05) is 38.5 Å². The first kappa shape index (κ1) is 27.8. The number of sulfonamides is 1. The number of amides is 3. The third-order valence-corrected chi connectivity index (χ3v) is 9.03. The number of hydrogen-bond donors (Lipinski definition) is 2. The molecular weight excluding hydrogens is 535 g/mol. The molecule has 3 amide bonds. The van der Waals surface area contributed by atoms with Crippen molar-refractivity contribution >= 4 is 27.6 Å². The Morgan fingerprint density at radius 2 is 1.62 bits per heavy atom. The topological polar surface area (TPSA) is 108 Å². The number of carbonyl (C=O) groups is 2. The maximum atomic E-state index is 13.8. The van der Waals surface area contributed by atoms with Gasteiger partial charge in [0.05, 0.1) is 11.0 Å². The van der Waals surface area contributed by atoms with Crippen LogP contribution < -0.4 is 10.6 Å². The fourth-order valence-electron chi connectivity index (χ4n) is 4.91. The van der Waals surface area contributed by atoms with Crippen molar-refractivity contribution < 1.29 is 27.1 Å². The van der Waals surface area contributed by atoms with Crippen molar-refractivity contribution in [2.75, 3.05) is 38.1 Å². The maximum absolute atomic E-state index is 13.8. The zero-order valence-electron chi connectivity index (χ0n) is 21.8. The van der Waals surface area contributed by atoms with Crippen LogP contribution in [0.5, 0.6) is 0 Å². The number of ether oxygens (including phenoxy) is 1. The lowest BCUT2D eigenvalue weighted by molar-refractivity contribution is -0.126. The van der Waals surface area contributed by atoms with E-state index in [2.05, 4.69) is 10.6 Å². The largest absolute Gasteiger partial charge is 0.376 e. The Labute approximate surface area is 233 Å². The van der Waals surface area contributed by atoms with Gasteiger partial charge in [-0.1, -0.05) is 42.5 Å². The highest BCUT2D eigenvalue weighted by molar-refractivity contribution is 7.89. The Balaban J connectivity index is 1.35. The highest BCUT2D eigenvalue weighted by Crippen LogP contribution is 2.26. The predicted molar refractivity (Wildman–Crippen MR) is 149 cm³/mol. The lowest BCUT2D eigenvalue weighted by atomic mass is 10.1. The molecule has 5 rings (SSSR count). The monoisotopic (exact) mass is 566 g/mol. The van der Waals surface area contributed by atoms with Gasteiger partial charge in [0.1, 0.15) is 11.9 Å². The molecule has 2 N–H and O–H groups in total. The number of anilines is 1. The molecule has 0 aliphatic carbocycles. The molecule has 3 aromatic rings. The van der Waals surface area contributed by atoms with Gasteiger partial charge in [-0.25, -0.2) is 17.6 Å². The van der Waals surface area contributed by atoms with Crippen molar-refractivity contribution in [2.24, 2.45) is 0 Å². The molecule has 0 saturated carbocycles. The average molecular weight is 567 g/mol. The van der Waals surface area contributed by atoms with Gasteiger partial charge in [-0.3, -0.25) is 4.79 Å². The molecule has 3 aromatic carbocycles. The molecule has 210 valence electrons. The fourth-order valence-corrected chi connectivity index (χ4v) is 6.48. The van der Waals surface area contributed by atoms with Gasteiger partial charge in [-0.15, -0.1) is 0 Å². The van der Waals surface area contributed by atoms with Crippen LogP contribution in [0.4, 0.5) is 14.9 Å². The molecule has 2 aliphatic rings. The van der Waals surface area contributed by atoms with Crippen LogP contribution in [-0.4, -0.2) is 74.5 Å². The van der Waals surface area contributed by atoms with Crippen molar-refractivity contribution in [1.29, 1.82) is 0 Å². The smallest absolute Gasteiger partial charge is 0.321 e. The van der Waals surface area contributed by atoms with Crippen LogP contribution in [0.1, 0.15) is 12.8 Å². The van der Waals surface area contributed by atoms with Crippen molar-refractivity contribution in [2.45, 2.75) is 29.9 Å². The molecule has 11 heteroatoms. The fraction of sp³-hybridized carbons (Fsp3) is 0.310. The van der Waals surface area contributed by atoms with Gasteiger partial charge >= 0.3 is 6.03 Å². The molecule has 2 atom stereocenters. The number of rotatable bonds is 7. The van der Waals surface area contributed by atoms with Crippen LogP contribution in [0.25, 0.3) is 11.1 Å². The maximum Gasteiger partial charge on any atom is 0.321 e. The lowest BCUT2D eigenvalue weighted by Gasteiger charge is -2.39. The van der Waals surface area contributed by atoms with E-state index in [1.807, 2.05) is 30.3 Å². The van der Waals surface area contributed by atoms with Crippen LogP contribution in [0.3, 0.4) is 0 Å². The lowest BCUT2D eigenvalue weighted by Crippen LogP contribution is -2.62. The molecule has 0 spiro atoms. The molecule has 9 nitrogen and oxygen atoms in total. The number of urea groups is 1. The first-order chi connectivity index (χ1) is 19.3. The number of hydrogen-bond acceptors (Lipinski definition) is 5. The number of carbonyl (C=O) groups excluding carboxylic acids is 2. The summed E-state index contributed by atoms with van der Waals surface area (Å²) in [5.41, 5.74) is 2.21. The van der Waals surface area contributed by atoms with Crippen LogP contribution in [-0.2, 0) is 19.6 Å². The van der Waals surface area contributed by atoms with E-state index in [4.69, 9.17) is 4.74 Å². The van der Waals surface area contributed by atoms with Gasteiger partial charge in [-0.05, 0) is 60.4 Å². The Morgan fingerprint density at radius 3 is 2.30 bits per heavy atom. The second kappa shape index (κ2) is 12.2. The average Bonchev–Trinajstić information content (AvgIpc) is 3.51. The van der Waals surface area contributed by atoms with E-state index in [1.54, 1.807) is 12.1 Å². The summed E-state index contributed by atoms with van der Waals surface area (Å²) in [4.78, 5) is 27.8. The Bertz CT molecular complexity index is 1430. The summed E-state index contributed by atoms with van der Waals surface area (Å²) in [6.07, 6.45) is 1.59. The summed E-state index contributed by atoms with van der Waals surface area (Å²) < 4.78 is 47.6. The minimum Gasteiger partial charge on any atom is -0.376 e. The van der Waals surface area contributed by atoms with E-state index in [1.165, 1.54) is 41.3 Å². The zero-order valence-corrected chi connectivity index (χ0v) is 22.6. The summed E-state index contributed by atoms with van der Waals surface area (Å²) in [5, 5.41) is 5.51. The van der Waals surface area contributed by atoms with Crippen molar-refractivity contribution in [1.82, 2.24) is 14.5 Å². The number of benzene rings is 3. The zero-order chi connectivity index (χ0) is 28.1. The molecule has 0 bridgehead atoms. The predicted octanol–water partition coefficient (Wildman–Crippen LogP) is 3.69. The molecule has 0 radical (unpaired) electrons. The normalized spacial score (nSPS) is 19.8. The molecule has 2 unspecified atom stereocenters. The summed E-state index contributed by atoms with van der Waals surface area (Å²) in [6.45, 7) is 0.741. The van der Waals surface area contributed by atoms with Crippen LogP contribution in [0, 0.1) is 5.82 Å². The van der Waals surface area contributed by atoms with Crippen molar-refractivity contribution in [3.8, 4) is 11.1 Å². The minimum absolute atomic E-state index is 0.0633. The Morgan fingerprint density at radius 1 is 0.925 bits per heavy atom. The quantitative estimate of drug-likeness (QED) is 0.454. The third kappa shape index (κ3) is 6.33. The number of halogens is 1. The Kier molecular flexibility index (Phi) is 8.43. The summed E-state index contributed by atoms with van der Waals surface area (Å²) >= 11 is 0. The van der Waals surface area contributed by atoms with Crippen LogP contribution in [0.15, 0.2) is 83.8 Å². The number of piperazine rings is 1. The highest BCUT2D eigenvalue weighted by atomic mass is 32.2. The molecular formula is C29H31FN4O5S. The SMILES string of the molecule is O=C(NCC1CCCO1)C1CN(C(=O)Nc2ccc(F)cc2)CCN1S(=O)(=O)c1ccc(-c2ccccc2)cc1. The van der Waals surface area contributed by atoms with E-state index < -0.39 is 33.8 Å². The van der Waals surface area contributed by atoms with Crippen LogP contribution >= 0.6 is 0 Å². The second-order valence-electron chi connectivity index (χ2n) is 9.79. The van der Waals surface area contributed by atoms with Crippen LogP contribution in [0.2, 0.25) is 0 Å². The van der Waals surface area contributed by atoms with E-state index in [0.29, 0.717) is 12.3 Å². The number of nitrogens with one attached hydrogen (secondary N) is 2. The molecule has 2 saturated heterocycles. The van der Waals surface area contributed by atoms with Gasteiger partial charge in [0.2, 0.25) is 15.9 Å². The van der Waals surface area contributed by atoms with Gasteiger partial charge < -0.3 is 20.3 Å². The summed E-state index contributed by atoms with van der Waals surface area (Å²) in [7, 11) is -4.06. The van der Waals surface area contributed by atoms with Crippen molar-refractivity contribution in [3.63, 3.8) is 0 Å². The summed E-state index contributed by atoms with van der Waals surface area (Å²) in [5.74, 6) is -0.934. The van der Waals surface area contributed by atoms with E-state index in [-0.39, 0.29) is 37.2 Å². The molecule has 0 aromatic heterocycles. The standard InChI is InChI=1S/C29H31FN4O5S/c30-23-10-12-24(13-11-23)32-29(36)33-16-17-34(27(20-33)28(35)31-19-25-7-4-18-39-25)40(37,38)26-14-8-22(9-15-26)21-5-2-1-3-6-21/h1-3,5-6,8-15,25,27H,4,7,16-20H2,(H,31,35)(H,32,36). The number of nitrogens with zero attached hydrogens (tertiary/aromatic N) is 2. The third-order valence-electron chi connectivity index (χ3n) is 7.11. The molecule has 2 aliphatic heterocycles. The minimum atomic E-state index is -4.06. The first-order valence-corrected chi connectivity index (χ1v) is 14.6. The second-order valence-corrected chi connectivity index (χ2v) is 11.7. The first-order valence-electron chi connectivity index (χ1n) is 13.2. The van der Waals surface area contributed by atoms with E-state index in [0.717, 1.165) is 28.3 Å².